The summed E-state index contributed by atoms with van der Waals surface area (Å²) in [4.78, 5) is 10.1. The Hall–Kier alpha value is -0.610. The average molecular weight is 118 g/mol. The van der Waals surface area contributed by atoms with Gasteiger partial charge < -0.3 is 15.5 Å². The maximum atomic E-state index is 10.1. The SMILES string of the molecule is CCNC(=O)[C](O)O. The van der Waals surface area contributed by atoms with Gasteiger partial charge in [-0.3, -0.25) is 4.79 Å². The molecule has 0 fully saturated rings. The summed E-state index contributed by atoms with van der Waals surface area (Å²) < 4.78 is 0. The van der Waals surface area contributed by atoms with Crippen molar-refractivity contribution in [3.8, 4) is 0 Å². The Morgan fingerprint density at radius 3 is 2.25 bits per heavy atom. The number of carbonyl (C=O) groups excluding carboxylic acids is 1. The van der Waals surface area contributed by atoms with Crippen molar-refractivity contribution in [1.82, 2.24) is 5.32 Å². The first kappa shape index (κ1) is 7.39. The van der Waals surface area contributed by atoms with Crippen LogP contribution < -0.4 is 5.32 Å². The maximum absolute atomic E-state index is 10.1. The van der Waals surface area contributed by atoms with E-state index in [1.54, 1.807) is 6.92 Å². The van der Waals surface area contributed by atoms with Crippen molar-refractivity contribution in [2.24, 2.45) is 0 Å². The van der Waals surface area contributed by atoms with Crippen LogP contribution in [0.4, 0.5) is 0 Å². The van der Waals surface area contributed by atoms with Gasteiger partial charge in [0, 0.05) is 6.54 Å². The molecule has 3 N–H and O–H groups in total. The molecule has 0 spiro atoms. The van der Waals surface area contributed by atoms with E-state index in [4.69, 9.17) is 10.2 Å². The van der Waals surface area contributed by atoms with Crippen molar-refractivity contribution in [3.63, 3.8) is 0 Å². The van der Waals surface area contributed by atoms with Crippen LogP contribution in [0.25, 0.3) is 0 Å². The summed E-state index contributed by atoms with van der Waals surface area (Å²) in [6, 6.07) is 0. The van der Waals surface area contributed by atoms with Gasteiger partial charge in [-0.05, 0) is 6.92 Å². The predicted octanol–water partition coefficient (Wildman–Crippen LogP) is -0.643. The summed E-state index contributed by atoms with van der Waals surface area (Å²) in [5, 5.41) is 18.2. The summed E-state index contributed by atoms with van der Waals surface area (Å²) in [6.45, 7) is 2.07. The highest BCUT2D eigenvalue weighted by atomic mass is 16.5. The molecule has 0 aromatic carbocycles. The fourth-order valence-electron chi connectivity index (χ4n) is 0.240. The number of hydrogen-bond acceptors (Lipinski definition) is 3. The fraction of sp³-hybridized carbons (Fsp3) is 0.500. The number of rotatable bonds is 2. The third-order valence-corrected chi connectivity index (χ3v) is 0.540. The highest BCUT2D eigenvalue weighted by Gasteiger charge is 2.09. The van der Waals surface area contributed by atoms with Crippen molar-refractivity contribution < 1.29 is 15.0 Å². The minimum atomic E-state index is -1.19. The van der Waals surface area contributed by atoms with E-state index < -0.39 is 12.2 Å². The molecule has 0 saturated heterocycles. The van der Waals surface area contributed by atoms with Gasteiger partial charge in [-0.25, -0.2) is 0 Å². The molecule has 1 amide bonds. The van der Waals surface area contributed by atoms with Gasteiger partial charge in [-0.1, -0.05) is 0 Å². The largest absolute Gasteiger partial charge is 0.354 e. The molecule has 0 atom stereocenters. The first-order valence-electron chi connectivity index (χ1n) is 2.21. The number of likely N-dealkylation sites (N-methyl/N-ethyl adjacent to an activating group) is 1. The Morgan fingerprint density at radius 2 is 2.12 bits per heavy atom. The second-order valence-corrected chi connectivity index (χ2v) is 1.18. The van der Waals surface area contributed by atoms with E-state index in [2.05, 4.69) is 5.32 Å². The van der Waals surface area contributed by atoms with Crippen molar-refractivity contribution >= 4 is 5.91 Å². The number of aliphatic hydroxyl groups excluding tert-OH is 1. The molecule has 0 aromatic rings. The van der Waals surface area contributed by atoms with Crippen LogP contribution >= 0.6 is 0 Å². The standard InChI is InChI=1S/C4H8NO3/c1-2-5-3(6)4(7)8/h7-8H,2H2,1H3,(H,5,6). The molecule has 0 saturated carbocycles. The number of hydrogen-bond donors (Lipinski definition) is 3. The van der Waals surface area contributed by atoms with E-state index in [1.165, 1.54) is 0 Å². The lowest BCUT2D eigenvalue weighted by Gasteiger charge is -1.98. The molecule has 4 nitrogen and oxygen atoms in total. The molecule has 0 unspecified atom stereocenters. The summed E-state index contributed by atoms with van der Waals surface area (Å²) in [5.74, 6) is -0.840. The van der Waals surface area contributed by atoms with Gasteiger partial charge in [-0.2, -0.15) is 0 Å². The van der Waals surface area contributed by atoms with Crippen LogP contribution in [-0.2, 0) is 4.79 Å². The van der Waals surface area contributed by atoms with Crippen molar-refractivity contribution in [2.75, 3.05) is 6.54 Å². The molecule has 0 aliphatic heterocycles. The zero-order chi connectivity index (χ0) is 6.57. The molecule has 4 heteroatoms. The molecule has 0 aliphatic carbocycles. The fourth-order valence-corrected chi connectivity index (χ4v) is 0.240. The van der Waals surface area contributed by atoms with Gasteiger partial charge in [-0.15, -0.1) is 0 Å². The van der Waals surface area contributed by atoms with E-state index in [-0.39, 0.29) is 0 Å². The molecule has 0 aromatic heterocycles. The van der Waals surface area contributed by atoms with E-state index in [0.29, 0.717) is 6.54 Å². The van der Waals surface area contributed by atoms with Gasteiger partial charge in [0.15, 0.2) is 0 Å². The van der Waals surface area contributed by atoms with E-state index in [0.717, 1.165) is 0 Å². The van der Waals surface area contributed by atoms with Gasteiger partial charge in [0.2, 0.25) is 0 Å². The molecular formula is C4H8NO3. The third kappa shape index (κ3) is 2.54. The van der Waals surface area contributed by atoms with Crippen LogP contribution in [-0.4, -0.2) is 22.7 Å². The Kier molecular flexibility index (Phi) is 3.14. The van der Waals surface area contributed by atoms with Crippen molar-refractivity contribution in [2.45, 2.75) is 6.92 Å². The quantitative estimate of drug-likeness (QED) is 0.451. The molecule has 0 aliphatic rings. The van der Waals surface area contributed by atoms with Crippen molar-refractivity contribution in [3.05, 3.63) is 6.29 Å². The predicted molar refractivity (Wildman–Crippen MR) is 25.8 cm³/mol. The van der Waals surface area contributed by atoms with Gasteiger partial charge >= 0.3 is 6.29 Å². The molecule has 0 rings (SSSR count). The third-order valence-electron chi connectivity index (χ3n) is 0.540. The second-order valence-electron chi connectivity index (χ2n) is 1.18. The van der Waals surface area contributed by atoms with Crippen LogP contribution in [0.5, 0.6) is 0 Å². The Balaban J connectivity index is 3.33. The highest BCUT2D eigenvalue weighted by Crippen LogP contribution is 1.82. The molecule has 0 bridgehead atoms. The number of amides is 1. The monoisotopic (exact) mass is 118 g/mol. The Labute approximate surface area is 47.1 Å². The maximum Gasteiger partial charge on any atom is 0.310 e. The van der Waals surface area contributed by atoms with Gasteiger partial charge in [0.05, 0.1) is 0 Å². The number of nitrogens with one attached hydrogen (secondary N) is 1. The minimum Gasteiger partial charge on any atom is -0.354 e. The zero-order valence-corrected chi connectivity index (χ0v) is 4.51. The van der Waals surface area contributed by atoms with Gasteiger partial charge in [0.25, 0.3) is 5.91 Å². The average Bonchev–Trinajstić information content (AvgIpc) is 1.67. The second kappa shape index (κ2) is 3.40. The van der Waals surface area contributed by atoms with E-state index in [1.807, 2.05) is 0 Å². The number of carbonyl (C=O) groups is 1. The summed E-state index contributed by atoms with van der Waals surface area (Å²) in [5.41, 5.74) is 0. The van der Waals surface area contributed by atoms with Crippen LogP contribution in [0.1, 0.15) is 6.92 Å². The highest BCUT2D eigenvalue weighted by molar-refractivity contribution is 5.85. The lowest BCUT2D eigenvalue weighted by Crippen LogP contribution is -2.28. The lowest BCUT2D eigenvalue weighted by atomic mass is 10.5. The Morgan fingerprint density at radius 1 is 1.62 bits per heavy atom. The van der Waals surface area contributed by atoms with Crippen LogP contribution in [0, 0.1) is 6.29 Å². The summed E-state index contributed by atoms with van der Waals surface area (Å²) in [6.07, 6.45) is -1.19. The van der Waals surface area contributed by atoms with E-state index in [9.17, 15) is 4.79 Å². The first-order chi connectivity index (χ1) is 3.68. The molecule has 1 radical (unpaired) electrons. The molecule has 8 heavy (non-hydrogen) atoms. The molecule has 0 heterocycles. The minimum absolute atomic E-state index is 0.392. The Bertz CT molecular complexity index is 81.4. The normalized spacial score (nSPS) is 9.50. The first-order valence-corrected chi connectivity index (χ1v) is 2.21. The van der Waals surface area contributed by atoms with Crippen LogP contribution in [0.3, 0.4) is 0 Å². The van der Waals surface area contributed by atoms with E-state index >= 15 is 0 Å². The zero-order valence-electron chi connectivity index (χ0n) is 4.51. The molecule has 47 valence electrons. The smallest absolute Gasteiger partial charge is 0.310 e. The molecular weight excluding hydrogens is 110 g/mol. The van der Waals surface area contributed by atoms with Gasteiger partial charge in [0.1, 0.15) is 0 Å². The number of aliphatic hydroxyl groups is 2. The van der Waals surface area contributed by atoms with Crippen LogP contribution in [0.2, 0.25) is 0 Å². The lowest BCUT2D eigenvalue weighted by molar-refractivity contribution is -0.131. The topological polar surface area (TPSA) is 69.6 Å². The summed E-state index contributed by atoms with van der Waals surface area (Å²) >= 11 is 0. The van der Waals surface area contributed by atoms with Crippen LogP contribution in [0.15, 0.2) is 0 Å². The summed E-state index contributed by atoms with van der Waals surface area (Å²) in [7, 11) is 0. The van der Waals surface area contributed by atoms with Crippen molar-refractivity contribution in [1.29, 1.82) is 0 Å².